The molecule has 1 atom stereocenters. The maximum absolute atomic E-state index is 8.89. The Bertz CT molecular complexity index is 276. The molecule has 0 aliphatic carbocycles. The minimum atomic E-state index is 0.222. The van der Waals surface area contributed by atoms with E-state index in [1.54, 1.807) is 18.9 Å². The number of methoxy groups -OCH3 is 1. The van der Waals surface area contributed by atoms with Crippen LogP contribution in [-0.2, 0) is 5.75 Å². The van der Waals surface area contributed by atoms with Crippen molar-refractivity contribution in [1.29, 1.82) is 0 Å². The summed E-state index contributed by atoms with van der Waals surface area (Å²) < 4.78 is 5.24. The molecule has 14 heavy (non-hydrogen) atoms. The van der Waals surface area contributed by atoms with Crippen LogP contribution in [0.4, 0.5) is 0 Å². The average molecular weight is 212 g/mol. The summed E-state index contributed by atoms with van der Waals surface area (Å²) >= 11 is 1.73. The Kier molecular flexibility index (Phi) is 4.84. The molecule has 1 rings (SSSR count). The lowest BCUT2D eigenvalue weighted by Gasteiger charge is -2.10. The molecule has 78 valence electrons. The van der Waals surface area contributed by atoms with Gasteiger partial charge in [0.05, 0.1) is 13.7 Å². The second-order valence-corrected chi connectivity index (χ2v) is 4.54. The highest BCUT2D eigenvalue weighted by molar-refractivity contribution is 7.99. The Balaban J connectivity index is 2.57. The molecule has 0 aromatic heterocycles. The predicted molar refractivity (Wildman–Crippen MR) is 60.8 cm³/mol. The van der Waals surface area contributed by atoms with Gasteiger partial charge >= 0.3 is 0 Å². The van der Waals surface area contributed by atoms with Gasteiger partial charge in [-0.25, -0.2) is 0 Å². The van der Waals surface area contributed by atoms with Gasteiger partial charge in [-0.3, -0.25) is 0 Å². The zero-order chi connectivity index (χ0) is 10.4. The average Bonchev–Trinajstić information content (AvgIpc) is 2.26. The molecular formula is C11H16O2S. The highest BCUT2D eigenvalue weighted by Crippen LogP contribution is 2.24. The maximum atomic E-state index is 8.89. The molecule has 1 unspecified atom stereocenters. The molecule has 0 saturated carbocycles. The van der Waals surface area contributed by atoms with Gasteiger partial charge in [-0.15, -0.1) is 0 Å². The fourth-order valence-electron chi connectivity index (χ4n) is 1.11. The van der Waals surface area contributed by atoms with Crippen molar-refractivity contribution in [2.45, 2.75) is 17.9 Å². The van der Waals surface area contributed by atoms with Gasteiger partial charge in [0.25, 0.3) is 0 Å². The fourth-order valence-corrected chi connectivity index (χ4v) is 1.91. The third kappa shape index (κ3) is 3.24. The lowest BCUT2D eigenvalue weighted by Crippen LogP contribution is -2.02. The quantitative estimate of drug-likeness (QED) is 0.812. The molecule has 3 heteroatoms. The Morgan fingerprint density at radius 3 is 2.79 bits per heavy atom. The third-order valence-electron chi connectivity index (χ3n) is 1.97. The standard InChI is InChI=1S/C11H16O2S/c1-9(7-12)14-8-10-5-3-4-6-11(10)13-2/h3-6,9,12H,7-8H2,1-2H3. The lowest BCUT2D eigenvalue weighted by atomic mass is 10.2. The van der Waals surface area contributed by atoms with Gasteiger partial charge < -0.3 is 9.84 Å². The molecule has 1 N–H and O–H groups in total. The van der Waals surface area contributed by atoms with Crippen molar-refractivity contribution in [3.05, 3.63) is 29.8 Å². The summed E-state index contributed by atoms with van der Waals surface area (Å²) in [4.78, 5) is 0. The number of benzene rings is 1. The smallest absolute Gasteiger partial charge is 0.122 e. The summed E-state index contributed by atoms with van der Waals surface area (Å²) in [5.74, 6) is 1.80. The monoisotopic (exact) mass is 212 g/mol. The minimum absolute atomic E-state index is 0.222. The summed E-state index contributed by atoms with van der Waals surface area (Å²) in [6, 6.07) is 7.97. The van der Waals surface area contributed by atoms with Gasteiger partial charge in [-0.2, -0.15) is 11.8 Å². The van der Waals surface area contributed by atoms with Crippen molar-refractivity contribution >= 4 is 11.8 Å². The van der Waals surface area contributed by atoms with Crippen molar-refractivity contribution in [1.82, 2.24) is 0 Å². The van der Waals surface area contributed by atoms with E-state index in [1.165, 1.54) is 5.56 Å². The SMILES string of the molecule is COc1ccccc1CSC(C)CO. The van der Waals surface area contributed by atoms with Crippen LogP contribution < -0.4 is 4.74 Å². The number of ether oxygens (including phenoxy) is 1. The first-order valence-electron chi connectivity index (χ1n) is 4.62. The molecule has 0 bridgehead atoms. The van der Waals surface area contributed by atoms with Crippen LogP contribution in [0.3, 0.4) is 0 Å². The molecule has 0 spiro atoms. The normalized spacial score (nSPS) is 12.5. The molecule has 0 amide bonds. The molecule has 1 aromatic carbocycles. The van der Waals surface area contributed by atoms with Crippen LogP contribution in [0.2, 0.25) is 0 Å². The van der Waals surface area contributed by atoms with Crippen LogP contribution in [0.15, 0.2) is 24.3 Å². The molecule has 0 saturated heterocycles. The van der Waals surface area contributed by atoms with Crippen molar-refractivity contribution in [3.8, 4) is 5.75 Å². The minimum Gasteiger partial charge on any atom is -0.496 e. The van der Waals surface area contributed by atoms with Crippen LogP contribution in [0.25, 0.3) is 0 Å². The van der Waals surface area contributed by atoms with Crippen LogP contribution in [0.5, 0.6) is 5.75 Å². The van der Waals surface area contributed by atoms with Gasteiger partial charge in [0.15, 0.2) is 0 Å². The summed E-state index contributed by atoms with van der Waals surface area (Å²) in [7, 11) is 1.68. The summed E-state index contributed by atoms with van der Waals surface area (Å²) in [5, 5.41) is 9.16. The Hall–Kier alpha value is -0.670. The number of rotatable bonds is 5. The van der Waals surface area contributed by atoms with Crippen LogP contribution >= 0.6 is 11.8 Å². The number of hydrogen-bond acceptors (Lipinski definition) is 3. The summed E-state index contributed by atoms with van der Waals surface area (Å²) in [5.41, 5.74) is 1.18. The summed E-state index contributed by atoms with van der Waals surface area (Å²) in [6.45, 7) is 2.24. The number of aliphatic hydroxyl groups is 1. The molecule has 0 fully saturated rings. The zero-order valence-electron chi connectivity index (χ0n) is 8.56. The van der Waals surface area contributed by atoms with Crippen molar-refractivity contribution in [2.24, 2.45) is 0 Å². The Labute approximate surface area is 89.3 Å². The molecular weight excluding hydrogens is 196 g/mol. The van der Waals surface area contributed by atoms with E-state index in [0.29, 0.717) is 0 Å². The van der Waals surface area contributed by atoms with Crippen molar-refractivity contribution in [2.75, 3.05) is 13.7 Å². The Morgan fingerprint density at radius 1 is 1.43 bits per heavy atom. The van der Waals surface area contributed by atoms with E-state index in [-0.39, 0.29) is 11.9 Å². The molecule has 0 heterocycles. The van der Waals surface area contributed by atoms with Crippen molar-refractivity contribution in [3.63, 3.8) is 0 Å². The maximum Gasteiger partial charge on any atom is 0.122 e. The first-order chi connectivity index (χ1) is 6.77. The van der Waals surface area contributed by atoms with E-state index < -0.39 is 0 Å². The van der Waals surface area contributed by atoms with E-state index in [2.05, 4.69) is 6.07 Å². The largest absolute Gasteiger partial charge is 0.496 e. The lowest BCUT2D eigenvalue weighted by molar-refractivity contribution is 0.300. The van der Waals surface area contributed by atoms with Crippen LogP contribution in [0.1, 0.15) is 12.5 Å². The summed E-state index contributed by atoms with van der Waals surface area (Å²) in [6.07, 6.45) is 0. The van der Waals surface area contributed by atoms with Gasteiger partial charge in [-0.1, -0.05) is 25.1 Å². The number of para-hydroxylation sites is 1. The van der Waals surface area contributed by atoms with E-state index in [4.69, 9.17) is 9.84 Å². The van der Waals surface area contributed by atoms with Gasteiger partial charge in [0, 0.05) is 16.6 Å². The van der Waals surface area contributed by atoms with Gasteiger partial charge in [-0.05, 0) is 6.07 Å². The Morgan fingerprint density at radius 2 is 2.14 bits per heavy atom. The molecule has 1 aromatic rings. The highest BCUT2D eigenvalue weighted by atomic mass is 32.2. The molecule has 0 aliphatic heterocycles. The van der Waals surface area contributed by atoms with E-state index >= 15 is 0 Å². The van der Waals surface area contributed by atoms with E-state index in [9.17, 15) is 0 Å². The van der Waals surface area contributed by atoms with Gasteiger partial charge in [0.1, 0.15) is 5.75 Å². The zero-order valence-corrected chi connectivity index (χ0v) is 9.38. The van der Waals surface area contributed by atoms with Crippen LogP contribution in [-0.4, -0.2) is 24.1 Å². The first kappa shape index (κ1) is 11.4. The number of hydrogen-bond donors (Lipinski definition) is 1. The second-order valence-electron chi connectivity index (χ2n) is 3.12. The van der Waals surface area contributed by atoms with Crippen LogP contribution in [0, 0.1) is 0 Å². The van der Waals surface area contributed by atoms with E-state index in [1.807, 2.05) is 25.1 Å². The second kappa shape index (κ2) is 5.94. The van der Waals surface area contributed by atoms with Gasteiger partial charge in [0.2, 0.25) is 0 Å². The van der Waals surface area contributed by atoms with E-state index in [0.717, 1.165) is 11.5 Å². The third-order valence-corrected chi connectivity index (χ3v) is 3.17. The molecule has 2 nitrogen and oxygen atoms in total. The fraction of sp³-hybridized carbons (Fsp3) is 0.455. The highest BCUT2D eigenvalue weighted by Gasteiger charge is 2.04. The number of aliphatic hydroxyl groups excluding tert-OH is 1. The topological polar surface area (TPSA) is 29.5 Å². The first-order valence-corrected chi connectivity index (χ1v) is 5.67. The predicted octanol–water partition coefficient (Wildman–Crippen LogP) is 2.31. The van der Waals surface area contributed by atoms with Crippen molar-refractivity contribution < 1.29 is 9.84 Å². The molecule has 0 radical (unpaired) electrons. The molecule has 0 aliphatic rings. The number of thioether (sulfide) groups is 1.